The van der Waals surface area contributed by atoms with Crippen LogP contribution in [-0.2, 0) is 9.63 Å². The van der Waals surface area contributed by atoms with Gasteiger partial charge in [-0.05, 0) is 38.2 Å². The maximum Gasteiger partial charge on any atom is 0.294 e. The van der Waals surface area contributed by atoms with Crippen LogP contribution in [0, 0.1) is 22.5 Å². The highest BCUT2D eigenvalue weighted by molar-refractivity contribution is 7.09. The third-order valence-corrected chi connectivity index (χ3v) is 5.45. The van der Waals surface area contributed by atoms with Gasteiger partial charge in [0, 0.05) is 0 Å². The lowest BCUT2D eigenvalue weighted by molar-refractivity contribution is -0.759. The first-order valence-corrected chi connectivity index (χ1v) is 8.75. The minimum absolute atomic E-state index is 0.185. The number of thiazole rings is 1. The van der Waals surface area contributed by atoms with E-state index < -0.39 is 10.5 Å². The number of hydrogen-bond acceptors (Lipinski definition) is 6. The molecule has 3 rings (SSSR count). The highest BCUT2D eigenvalue weighted by atomic mass is 32.1. The molecular formula is C16H19N3O4S. The number of hydrogen-bond donors (Lipinski definition) is 1. The smallest absolute Gasteiger partial charge is 0.294 e. The Morgan fingerprint density at radius 1 is 1.54 bits per heavy atom. The third-order valence-electron chi connectivity index (χ3n) is 4.46. The highest BCUT2D eigenvalue weighted by Crippen LogP contribution is 2.47. The molecule has 128 valence electrons. The number of carbonyl (C=O) groups is 1. The predicted molar refractivity (Wildman–Crippen MR) is 88.8 cm³/mol. The van der Waals surface area contributed by atoms with Gasteiger partial charge in [-0.2, -0.15) is 0 Å². The average molecular weight is 349 g/mol. The van der Waals surface area contributed by atoms with Crippen LogP contribution < -0.4 is 5.32 Å². The molecule has 1 amide bonds. The second-order valence-corrected chi connectivity index (χ2v) is 7.06. The van der Waals surface area contributed by atoms with Crippen molar-refractivity contribution in [2.24, 2.45) is 5.41 Å². The molecule has 7 nitrogen and oxygen atoms in total. The van der Waals surface area contributed by atoms with E-state index in [-0.39, 0.29) is 18.6 Å². The van der Waals surface area contributed by atoms with E-state index in [0.717, 1.165) is 29.0 Å². The van der Waals surface area contributed by atoms with Crippen LogP contribution in [0.5, 0.6) is 0 Å². The minimum Gasteiger partial charge on any atom is -0.344 e. The lowest BCUT2D eigenvalue weighted by atomic mass is 9.97. The Morgan fingerprint density at radius 3 is 2.88 bits per heavy atom. The number of nitrogens with zero attached hydrogens (tertiary/aromatic N) is 2. The summed E-state index contributed by atoms with van der Waals surface area (Å²) < 4.78 is 0. The summed E-state index contributed by atoms with van der Waals surface area (Å²) in [5, 5.41) is 12.6. The zero-order valence-corrected chi connectivity index (χ0v) is 14.2. The molecule has 1 heterocycles. The van der Waals surface area contributed by atoms with Gasteiger partial charge in [-0.1, -0.05) is 18.2 Å². The van der Waals surface area contributed by atoms with Crippen molar-refractivity contribution in [3.05, 3.63) is 50.0 Å². The van der Waals surface area contributed by atoms with E-state index in [9.17, 15) is 14.9 Å². The standard InChI is InChI=1S/C16H19N3O4S/c1-11-14(24-10-17-11)13(12-5-3-2-4-6-12)18-15(20)16(7-8-16)9-23-19(21)22/h3,5-6,10,13H,2,4,7-9H2,1H3,(H,18,20). The van der Waals surface area contributed by atoms with Crippen LogP contribution in [0.25, 0.3) is 0 Å². The van der Waals surface area contributed by atoms with Crippen molar-refractivity contribution in [1.29, 1.82) is 0 Å². The van der Waals surface area contributed by atoms with Crippen molar-refractivity contribution in [3.63, 3.8) is 0 Å². The lowest BCUT2D eigenvalue weighted by Gasteiger charge is -2.24. The Labute approximate surface area is 143 Å². The Balaban J connectivity index is 1.78. The van der Waals surface area contributed by atoms with E-state index >= 15 is 0 Å². The molecular weight excluding hydrogens is 330 g/mol. The van der Waals surface area contributed by atoms with Crippen molar-refractivity contribution < 1.29 is 14.7 Å². The maximum absolute atomic E-state index is 12.7. The second-order valence-electron chi connectivity index (χ2n) is 6.17. The Hall–Kier alpha value is -2.22. The predicted octanol–water partition coefficient (Wildman–Crippen LogP) is 2.87. The van der Waals surface area contributed by atoms with Gasteiger partial charge in [-0.25, -0.2) is 4.98 Å². The van der Waals surface area contributed by atoms with Crippen LogP contribution in [0.4, 0.5) is 0 Å². The van der Waals surface area contributed by atoms with Crippen molar-refractivity contribution in [2.45, 2.75) is 38.6 Å². The topological polar surface area (TPSA) is 94.4 Å². The third kappa shape index (κ3) is 3.48. The molecule has 1 aromatic heterocycles. The fourth-order valence-corrected chi connectivity index (χ4v) is 3.66. The van der Waals surface area contributed by atoms with Crippen LogP contribution in [0.2, 0.25) is 0 Å². The number of carbonyl (C=O) groups excluding carboxylic acids is 1. The van der Waals surface area contributed by atoms with E-state index in [4.69, 9.17) is 0 Å². The summed E-state index contributed by atoms with van der Waals surface area (Å²) in [6.07, 6.45) is 9.38. The molecule has 0 radical (unpaired) electrons. The van der Waals surface area contributed by atoms with Crippen molar-refractivity contribution in [3.8, 4) is 0 Å². The summed E-state index contributed by atoms with van der Waals surface area (Å²) in [5.74, 6) is -0.193. The van der Waals surface area contributed by atoms with Gasteiger partial charge >= 0.3 is 0 Å². The zero-order valence-electron chi connectivity index (χ0n) is 13.4. The van der Waals surface area contributed by atoms with Crippen LogP contribution in [0.3, 0.4) is 0 Å². The van der Waals surface area contributed by atoms with Crippen LogP contribution in [0.15, 0.2) is 29.3 Å². The highest BCUT2D eigenvalue weighted by Gasteiger charge is 2.51. The number of aryl methyl sites for hydroxylation is 1. The summed E-state index contributed by atoms with van der Waals surface area (Å²) in [6, 6.07) is -0.269. The fraction of sp³-hybridized carbons (Fsp3) is 0.500. The summed E-state index contributed by atoms with van der Waals surface area (Å²) in [6.45, 7) is 1.73. The van der Waals surface area contributed by atoms with Crippen LogP contribution in [0.1, 0.15) is 42.3 Å². The SMILES string of the molecule is Cc1ncsc1C(NC(=O)C1(CO[N+](=O)[O-])CC1)C1=CCCC=C1. The van der Waals surface area contributed by atoms with Crippen molar-refractivity contribution in [1.82, 2.24) is 10.3 Å². The van der Waals surface area contributed by atoms with Gasteiger partial charge in [0.25, 0.3) is 5.09 Å². The number of allylic oxidation sites excluding steroid dienone is 2. The maximum atomic E-state index is 12.7. The van der Waals surface area contributed by atoms with Gasteiger partial charge in [0.1, 0.15) is 6.61 Å². The molecule has 24 heavy (non-hydrogen) atoms. The average Bonchev–Trinajstić information content (AvgIpc) is 3.27. The number of aromatic nitrogens is 1. The monoisotopic (exact) mass is 349 g/mol. The minimum atomic E-state index is -0.843. The van der Waals surface area contributed by atoms with Gasteiger partial charge in [0.15, 0.2) is 0 Å². The second kappa shape index (κ2) is 6.72. The molecule has 1 atom stereocenters. The molecule has 2 aliphatic rings. The number of rotatable bonds is 7. The van der Waals surface area contributed by atoms with E-state index in [1.54, 1.807) is 5.51 Å². The summed E-state index contributed by atoms with van der Waals surface area (Å²) >= 11 is 1.50. The molecule has 0 bridgehead atoms. The molecule has 1 fully saturated rings. The van der Waals surface area contributed by atoms with E-state index in [2.05, 4.69) is 27.3 Å². The molecule has 2 aliphatic carbocycles. The molecule has 0 aromatic carbocycles. The zero-order chi connectivity index (χ0) is 17.2. The Kier molecular flexibility index (Phi) is 4.66. The normalized spacial score (nSPS) is 19.3. The first kappa shape index (κ1) is 16.6. The molecule has 0 spiro atoms. The molecule has 0 aliphatic heterocycles. The van der Waals surface area contributed by atoms with E-state index in [0.29, 0.717) is 12.8 Å². The van der Waals surface area contributed by atoms with E-state index in [1.165, 1.54) is 11.3 Å². The summed E-state index contributed by atoms with van der Waals surface area (Å²) in [7, 11) is 0. The molecule has 1 aromatic rings. The molecule has 8 heteroatoms. The summed E-state index contributed by atoms with van der Waals surface area (Å²) in [5.41, 5.74) is 2.91. The number of amides is 1. The largest absolute Gasteiger partial charge is 0.344 e. The first-order chi connectivity index (χ1) is 11.5. The van der Waals surface area contributed by atoms with Crippen LogP contribution in [-0.4, -0.2) is 22.6 Å². The van der Waals surface area contributed by atoms with Gasteiger partial charge < -0.3 is 10.2 Å². The Bertz CT molecular complexity index is 706. The van der Waals surface area contributed by atoms with E-state index in [1.807, 2.05) is 13.0 Å². The van der Waals surface area contributed by atoms with Crippen molar-refractivity contribution >= 4 is 17.2 Å². The van der Waals surface area contributed by atoms with Crippen molar-refractivity contribution in [2.75, 3.05) is 6.61 Å². The fourth-order valence-electron chi connectivity index (χ4n) is 2.78. The molecule has 1 unspecified atom stereocenters. The lowest BCUT2D eigenvalue weighted by Crippen LogP contribution is -2.38. The first-order valence-electron chi connectivity index (χ1n) is 7.87. The molecule has 0 saturated heterocycles. The molecule has 1 N–H and O–H groups in total. The summed E-state index contributed by atoms with van der Waals surface area (Å²) in [4.78, 5) is 32.9. The van der Waals surface area contributed by atoms with Gasteiger partial charge in [-0.3, -0.25) is 4.79 Å². The number of nitrogens with one attached hydrogen (secondary N) is 1. The van der Waals surface area contributed by atoms with Gasteiger partial charge in [0.05, 0.1) is 27.5 Å². The van der Waals surface area contributed by atoms with Gasteiger partial charge in [0.2, 0.25) is 5.91 Å². The quantitative estimate of drug-likeness (QED) is 0.603. The van der Waals surface area contributed by atoms with Crippen LogP contribution >= 0.6 is 11.3 Å². The molecule has 1 saturated carbocycles. The Morgan fingerprint density at radius 2 is 2.33 bits per heavy atom. The van der Waals surface area contributed by atoms with Gasteiger partial charge in [-0.15, -0.1) is 21.5 Å².